The molecule has 1 aliphatic heterocycles. The molecule has 3 heteroatoms. The molecule has 1 aliphatic rings. The number of unbranched alkanes of at least 4 members (excludes halogenated alkanes) is 1. The zero-order valence-corrected chi connectivity index (χ0v) is 13.9. The molecule has 1 heterocycles. The van der Waals surface area contributed by atoms with Crippen LogP contribution in [0.25, 0.3) is 0 Å². The molecule has 0 bridgehead atoms. The van der Waals surface area contributed by atoms with Crippen LogP contribution in [-0.4, -0.2) is 23.3 Å². The second-order valence-corrected chi connectivity index (χ2v) is 5.45. The molecule has 0 saturated carbocycles. The highest BCUT2D eigenvalue weighted by atomic mass is 16.6. The Bertz CT molecular complexity index is 469. The minimum Gasteiger partial charge on any atom is -0.481 e. The summed E-state index contributed by atoms with van der Waals surface area (Å²) < 4.78 is 5.41. The number of hydrogen-bond acceptors (Lipinski definition) is 2. The highest BCUT2D eigenvalue weighted by Crippen LogP contribution is 2.25. The second-order valence-electron chi connectivity index (χ2n) is 5.45. The van der Waals surface area contributed by atoms with Crippen molar-refractivity contribution in [2.45, 2.75) is 57.7 Å². The molecule has 1 rings (SSSR count). The van der Waals surface area contributed by atoms with Crippen molar-refractivity contribution >= 4 is 5.97 Å². The maximum absolute atomic E-state index is 10.3. The van der Waals surface area contributed by atoms with E-state index in [0.717, 1.165) is 25.7 Å². The van der Waals surface area contributed by atoms with Gasteiger partial charge in [-0.05, 0) is 32.1 Å². The molecule has 0 aliphatic carbocycles. The number of carboxylic acid groups (broad SMARTS) is 1. The summed E-state index contributed by atoms with van der Waals surface area (Å²) in [5, 5.41) is 8.50. The summed E-state index contributed by atoms with van der Waals surface area (Å²) in [5.41, 5.74) is 0. The third-order valence-corrected chi connectivity index (χ3v) is 3.43. The first-order chi connectivity index (χ1) is 11.2. The Morgan fingerprint density at radius 1 is 1.00 bits per heavy atom. The normalized spacial score (nSPS) is 21.6. The fourth-order valence-corrected chi connectivity index (χ4v) is 2.05. The van der Waals surface area contributed by atoms with Crippen LogP contribution in [0, 0.1) is 0 Å². The standard InChI is InChI=1S/C20H28O3/c1-2-18-19(23-18)16-14-12-10-8-6-4-3-5-7-9-11-13-15-17-20(21)22/h3,5-6,8-12,14,16,18-19H,2,4,7,13,15,17H2,1H3,(H,21,22)/b5-3-,8-6-,11-9-,12-10+,16-14+. The van der Waals surface area contributed by atoms with Gasteiger partial charge >= 0.3 is 5.97 Å². The van der Waals surface area contributed by atoms with Gasteiger partial charge in [-0.3, -0.25) is 4.79 Å². The molecule has 0 aromatic heterocycles. The van der Waals surface area contributed by atoms with Crippen LogP contribution in [0.1, 0.15) is 45.4 Å². The molecule has 0 aromatic carbocycles. The Morgan fingerprint density at radius 2 is 1.70 bits per heavy atom. The van der Waals surface area contributed by atoms with Crippen LogP contribution in [0.15, 0.2) is 60.8 Å². The monoisotopic (exact) mass is 316 g/mol. The molecule has 1 N–H and O–H groups in total. The number of rotatable bonds is 12. The van der Waals surface area contributed by atoms with Crippen LogP contribution in [0.2, 0.25) is 0 Å². The topological polar surface area (TPSA) is 49.8 Å². The van der Waals surface area contributed by atoms with Crippen molar-refractivity contribution in [1.82, 2.24) is 0 Å². The van der Waals surface area contributed by atoms with Gasteiger partial charge in [0.25, 0.3) is 0 Å². The molecule has 126 valence electrons. The van der Waals surface area contributed by atoms with E-state index in [1.165, 1.54) is 0 Å². The van der Waals surface area contributed by atoms with E-state index in [2.05, 4.69) is 37.3 Å². The highest BCUT2D eigenvalue weighted by molar-refractivity contribution is 5.66. The summed E-state index contributed by atoms with van der Waals surface area (Å²) in [5.74, 6) is -0.722. The Balaban J connectivity index is 1.96. The van der Waals surface area contributed by atoms with E-state index in [9.17, 15) is 4.79 Å². The molecule has 0 aromatic rings. The minimum atomic E-state index is -0.722. The number of hydrogen-bond donors (Lipinski definition) is 1. The van der Waals surface area contributed by atoms with E-state index in [1.54, 1.807) is 0 Å². The largest absolute Gasteiger partial charge is 0.481 e. The molecule has 0 amide bonds. The van der Waals surface area contributed by atoms with E-state index in [4.69, 9.17) is 9.84 Å². The Hall–Kier alpha value is -1.87. The maximum atomic E-state index is 10.3. The zero-order chi connectivity index (χ0) is 16.8. The molecule has 2 unspecified atom stereocenters. The predicted octanol–water partition coefficient (Wildman–Crippen LogP) is 4.98. The molecule has 0 spiro atoms. The van der Waals surface area contributed by atoms with Gasteiger partial charge in [0.15, 0.2) is 0 Å². The first kappa shape index (κ1) is 19.2. The molecule has 1 fully saturated rings. The van der Waals surface area contributed by atoms with E-state index >= 15 is 0 Å². The van der Waals surface area contributed by atoms with E-state index < -0.39 is 5.97 Å². The van der Waals surface area contributed by atoms with Crippen LogP contribution in [0.3, 0.4) is 0 Å². The second kappa shape index (κ2) is 12.7. The number of epoxide rings is 1. The van der Waals surface area contributed by atoms with Gasteiger partial charge in [0.1, 0.15) is 6.10 Å². The van der Waals surface area contributed by atoms with Crippen LogP contribution in [-0.2, 0) is 9.53 Å². The van der Waals surface area contributed by atoms with Crippen molar-refractivity contribution in [3.05, 3.63) is 60.8 Å². The summed E-state index contributed by atoms with van der Waals surface area (Å²) in [6.45, 7) is 2.14. The summed E-state index contributed by atoms with van der Waals surface area (Å²) in [6.07, 6.45) is 26.2. The van der Waals surface area contributed by atoms with Gasteiger partial charge in [0.2, 0.25) is 0 Å². The van der Waals surface area contributed by atoms with Crippen LogP contribution < -0.4 is 0 Å². The van der Waals surface area contributed by atoms with Gasteiger partial charge in [-0.2, -0.15) is 0 Å². The third kappa shape index (κ3) is 11.4. The van der Waals surface area contributed by atoms with E-state index in [-0.39, 0.29) is 6.42 Å². The first-order valence-electron chi connectivity index (χ1n) is 8.41. The Morgan fingerprint density at radius 3 is 2.39 bits per heavy atom. The van der Waals surface area contributed by atoms with Crippen molar-refractivity contribution in [3.63, 3.8) is 0 Å². The average Bonchev–Trinajstić information content (AvgIpc) is 3.29. The van der Waals surface area contributed by atoms with Gasteiger partial charge in [-0.1, -0.05) is 67.7 Å². The molecule has 23 heavy (non-hydrogen) atoms. The molecule has 3 nitrogen and oxygen atoms in total. The molecular formula is C20H28O3. The summed E-state index contributed by atoms with van der Waals surface area (Å²) >= 11 is 0. The number of ether oxygens (including phenoxy) is 1. The fraction of sp³-hybridized carbons (Fsp3) is 0.450. The smallest absolute Gasteiger partial charge is 0.303 e. The molecule has 2 atom stereocenters. The van der Waals surface area contributed by atoms with Gasteiger partial charge in [0.05, 0.1) is 6.10 Å². The third-order valence-electron chi connectivity index (χ3n) is 3.43. The Kier molecular flexibility index (Phi) is 10.5. The van der Waals surface area contributed by atoms with Crippen LogP contribution >= 0.6 is 0 Å². The average molecular weight is 316 g/mol. The lowest BCUT2D eigenvalue weighted by atomic mass is 10.2. The summed E-state index contributed by atoms with van der Waals surface area (Å²) in [7, 11) is 0. The number of carbonyl (C=O) groups is 1. The number of aliphatic carboxylic acids is 1. The predicted molar refractivity (Wildman–Crippen MR) is 95.4 cm³/mol. The quantitative estimate of drug-likeness (QED) is 0.239. The fourth-order valence-electron chi connectivity index (χ4n) is 2.05. The van der Waals surface area contributed by atoms with Crippen molar-refractivity contribution in [1.29, 1.82) is 0 Å². The Labute approximate surface area is 139 Å². The molecular weight excluding hydrogens is 288 g/mol. The lowest BCUT2D eigenvalue weighted by molar-refractivity contribution is -0.137. The lowest BCUT2D eigenvalue weighted by Crippen LogP contribution is -1.92. The maximum Gasteiger partial charge on any atom is 0.303 e. The highest BCUT2D eigenvalue weighted by Gasteiger charge is 2.33. The van der Waals surface area contributed by atoms with Crippen LogP contribution in [0.5, 0.6) is 0 Å². The summed E-state index contributed by atoms with van der Waals surface area (Å²) in [4.78, 5) is 10.3. The van der Waals surface area contributed by atoms with E-state index in [1.807, 2.05) is 30.4 Å². The van der Waals surface area contributed by atoms with Crippen molar-refractivity contribution < 1.29 is 14.6 Å². The van der Waals surface area contributed by atoms with Crippen molar-refractivity contribution in [2.75, 3.05) is 0 Å². The van der Waals surface area contributed by atoms with Crippen LogP contribution in [0.4, 0.5) is 0 Å². The van der Waals surface area contributed by atoms with E-state index in [0.29, 0.717) is 18.6 Å². The zero-order valence-electron chi connectivity index (χ0n) is 13.9. The number of carboxylic acids is 1. The minimum absolute atomic E-state index is 0.251. The van der Waals surface area contributed by atoms with Gasteiger partial charge < -0.3 is 9.84 Å². The summed E-state index contributed by atoms with van der Waals surface area (Å²) in [6, 6.07) is 0. The van der Waals surface area contributed by atoms with Crippen molar-refractivity contribution in [2.24, 2.45) is 0 Å². The van der Waals surface area contributed by atoms with Gasteiger partial charge in [0, 0.05) is 6.42 Å². The van der Waals surface area contributed by atoms with Crippen molar-refractivity contribution in [3.8, 4) is 0 Å². The number of allylic oxidation sites excluding steroid dienone is 9. The molecule has 0 radical (unpaired) electrons. The lowest BCUT2D eigenvalue weighted by Gasteiger charge is -1.89. The molecule has 1 saturated heterocycles. The first-order valence-corrected chi connectivity index (χ1v) is 8.41. The SMILES string of the molecule is CCC1OC1/C=C/C=C/C=C\C/C=C\C/C=C\CCCC(=O)O. The van der Waals surface area contributed by atoms with Gasteiger partial charge in [-0.15, -0.1) is 0 Å². The van der Waals surface area contributed by atoms with Gasteiger partial charge in [-0.25, -0.2) is 0 Å².